The lowest BCUT2D eigenvalue weighted by Gasteiger charge is -2.43. The smallest absolute Gasteiger partial charge is 0.388 e. The highest BCUT2D eigenvalue weighted by molar-refractivity contribution is 7.92. The number of benzene rings is 2. The number of carbonyl (C=O) groups is 1. The van der Waals surface area contributed by atoms with Crippen molar-refractivity contribution in [3.05, 3.63) is 65.0 Å². The van der Waals surface area contributed by atoms with Gasteiger partial charge < -0.3 is 20.4 Å². The molecule has 3 aliphatic rings. The van der Waals surface area contributed by atoms with E-state index >= 15 is 0 Å². The number of rotatable bonds is 4. The molecule has 1 saturated carbocycles. The van der Waals surface area contributed by atoms with Crippen molar-refractivity contribution in [1.29, 1.82) is 0 Å². The van der Waals surface area contributed by atoms with Crippen molar-refractivity contribution in [2.75, 3.05) is 13.1 Å². The van der Waals surface area contributed by atoms with Gasteiger partial charge in [-0.25, -0.2) is 22.0 Å². The van der Waals surface area contributed by atoms with Crippen LogP contribution in [0.1, 0.15) is 36.0 Å². The summed E-state index contributed by atoms with van der Waals surface area (Å²) >= 11 is 0. The molecule has 2 amide bonds. The number of fused-ring (bicyclic) bond motifs is 3. The van der Waals surface area contributed by atoms with E-state index < -0.39 is 74.2 Å². The highest BCUT2D eigenvalue weighted by Gasteiger charge is 2.73. The second kappa shape index (κ2) is 10.3. The minimum Gasteiger partial charge on any atom is -0.388 e. The number of hydrogen-bond donors (Lipinski definition) is 3. The number of sulfone groups is 1. The van der Waals surface area contributed by atoms with Gasteiger partial charge in [0.05, 0.1) is 30.2 Å². The van der Waals surface area contributed by atoms with Gasteiger partial charge in [0.25, 0.3) is 0 Å². The van der Waals surface area contributed by atoms with Crippen molar-refractivity contribution in [2.45, 2.75) is 71.6 Å². The molecule has 0 spiro atoms. The molecule has 236 valence electrons. The van der Waals surface area contributed by atoms with Crippen LogP contribution in [-0.2, 0) is 26.7 Å². The first-order valence-electron chi connectivity index (χ1n) is 13.2. The number of urea groups is 1. The van der Waals surface area contributed by atoms with Gasteiger partial charge in [0.1, 0.15) is 10.6 Å². The number of hydrogen-bond acceptors (Lipinski definition) is 5. The Morgan fingerprint density at radius 2 is 1.49 bits per heavy atom. The fourth-order valence-electron chi connectivity index (χ4n) is 6.74. The third-order valence-corrected chi connectivity index (χ3v) is 11.4. The van der Waals surface area contributed by atoms with Crippen LogP contribution in [0.15, 0.2) is 47.4 Å². The van der Waals surface area contributed by atoms with Crippen LogP contribution in [0.25, 0.3) is 0 Å². The largest absolute Gasteiger partial charge is 0.435 e. The molecule has 5 rings (SSSR count). The number of nitrogens with zero attached hydrogens (tertiary/aromatic N) is 1. The molecule has 3 N–H and O–H groups in total. The summed E-state index contributed by atoms with van der Waals surface area (Å²) in [6, 6.07) is 3.61. The first-order valence-corrected chi connectivity index (χ1v) is 14.7. The van der Waals surface area contributed by atoms with Crippen LogP contribution < -0.4 is 5.32 Å². The van der Waals surface area contributed by atoms with E-state index in [1.807, 2.05) is 0 Å². The maximum atomic E-state index is 14.9. The Bertz CT molecular complexity index is 1490. The molecule has 5 atom stereocenters. The minimum absolute atomic E-state index is 0.0229. The number of β-amino-alcohol motifs (C(OH)–C–C–N with tert-alkyl or cyclic N) is 2. The van der Waals surface area contributed by atoms with Gasteiger partial charge in [0, 0.05) is 17.5 Å². The summed E-state index contributed by atoms with van der Waals surface area (Å²) < 4.78 is 136. The van der Waals surface area contributed by atoms with Crippen molar-refractivity contribution in [3.63, 3.8) is 0 Å². The molecule has 0 unspecified atom stereocenters. The fraction of sp³-hybridized carbons (Fsp3) is 0.519. The van der Waals surface area contributed by atoms with Crippen LogP contribution in [0.2, 0.25) is 0 Å². The van der Waals surface area contributed by atoms with Crippen LogP contribution in [0.4, 0.5) is 39.9 Å². The molecule has 1 saturated heterocycles. The fourth-order valence-corrected chi connectivity index (χ4v) is 9.21. The highest BCUT2D eigenvalue weighted by Crippen LogP contribution is 2.59. The van der Waals surface area contributed by atoms with E-state index in [-0.39, 0.29) is 60.9 Å². The molecular formula is C27H26F8N2O5S. The molecule has 1 aliphatic heterocycles. The molecule has 0 radical (unpaired) electrons. The Kier molecular flexibility index (Phi) is 7.53. The first-order chi connectivity index (χ1) is 19.8. The number of aliphatic hydroxyl groups excluding tert-OH is 2. The Balaban J connectivity index is 1.61. The van der Waals surface area contributed by atoms with Crippen molar-refractivity contribution < 1.29 is 58.5 Å². The minimum atomic E-state index is -6.37. The molecule has 0 bridgehead atoms. The van der Waals surface area contributed by atoms with E-state index in [1.165, 1.54) is 0 Å². The second-order valence-corrected chi connectivity index (χ2v) is 13.4. The number of aliphatic hydroxyl groups is 2. The molecule has 2 fully saturated rings. The maximum absolute atomic E-state index is 14.9. The molecule has 1 heterocycles. The normalized spacial score (nSPS) is 28.0. The van der Waals surface area contributed by atoms with Crippen LogP contribution in [0.5, 0.6) is 0 Å². The number of carbonyl (C=O) groups excluding carboxylic acids is 1. The summed E-state index contributed by atoms with van der Waals surface area (Å²) in [6.45, 7) is -0.392. The zero-order chi connectivity index (χ0) is 31.8. The molecule has 16 heteroatoms. The van der Waals surface area contributed by atoms with Gasteiger partial charge in [-0.15, -0.1) is 0 Å². The van der Waals surface area contributed by atoms with Gasteiger partial charge in [-0.3, -0.25) is 0 Å². The molecule has 2 aromatic rings. The van der Waals surface area contributed by atoms with Crippen molar-refractivity contribution in [2.24, 2.45) is 5.92 Å². The molecule has 2 aliphatic carbocycles. The average molecular weight is 643 g/mol. The summed E-state index contributed by atoms with van der Waals surface area (Å²) in [6.07, 6.45) is -15.7. The SMILES string of the molecule is O=C(N[C@@H]1CC[C@@]2(S(=O)(=O)c3ccc(F)cc3)c3ccc(C(F)(C(F)(F)F)C(F)(F)F)cc3CC[C@@H]12)N1C[C@@H](O)[C@@H](O)C1. The molecule has 2 aromatic carbocycles. The van der Waals surface area contributed by atoms with E-state index in [1.54, 1.807) is 0 Å². The average Bonchev–Trinajstić information content (AvgIpc) is 3.47. The van der Waals surface area contributed by atoms with E-state index in [9.17, 15) is 58.5 Å². The molecule has 7 nitrogen and oxygen atoms in total. The van der Waals surface area contributed by atoms with Crippen molar-refractivity contribution >= 4 is 15.9 Å². The Morgan fingerprint density at radius 3 is 2.05 bits per heavy atom. The van der Waals surface area contributed by atoms with Crippen LogP contribution in [0.3, 0.4) is 0 Å². The standard InChI is InChI=1S/C27H26F8N2O5S/c28-16-3-5-17(6-4-16)43(41,42)24-10-9-20(36-23(40)37-12-21(38)22(39)13-37)19(24)7-1-14-11-15(2-8-18(14)24)25(29,26(30,31)32)27(33,34)35/h2-6,8,11,19-22,38-39H,1,7,9-10,12-13H2,(H,36,40)/t19-,20+,21-,22+,24+/m0/s1. The molecular weight excluding hydrogens is 616 g/mol. The second-order valence-electron chi connectivity index (χ2n) is 11.2. The lowest BCUT2D eigenvalue weighted by Crippen LogP contribution is -2.52. The number of alkyl halides is 7. The lowest BCUT2D eigenvalue weighted by molar-refractivity contribution is -0.348. The predicted octanol–water partition coefficient (Wildman–Crippen LogP) is 4.26. The van der Waals surface area contributed by atoms with E-state index in [4.69, 9.17) is 0 Å². The zero-order valence-corrected chi connectivity index (χ0v) is 22.9. The predicted molar refractivity (Wildman–Crippen MR) is 134 cm³/mol. The third kappa shape index (κ3) is 4.76. The Hall–Kier alpha value is -2.98. The summed E-state index contributed by atoms with van der Waals surface area (Å²) in [5.41, 5.74) is -7.82. The number of likely N-dealkylation sites (tertiary alicyclic amines) is 1. The van der Waals surface area contributed by atoms with Crippen LogP contribution in [0, 0.1) is 11.7 Å². The zero-order valence-electron chi connectivity index (χ0n) is 22.1. The van der Waals surface area contributed by atoms with Gasteiger partial charge in [0.15, 0.2) is 9.84 Å². The Morgan fingerprint density at radius 1 is 0.907 bits per heavy atom. The Labute approximate surface area is 240 Å². The quantitative estimate of drug-likeness (QED) is 0.342. The third-order valence-electron chi connectivity index (χ3n) is 8.83. The summed E-state index contributed by atoms with van der Waals surface area (Å²) in [7, 11) is -4.55. The number of nitrogens with one attached hydrogen (secondary N) is 1. The number of aryl methyl sites for hydroxylation is 1. The van der Waals surface area contributed by atoms with Gasteiger partial charge in [-0.1, -0.05) is 18.2 Å². The maximum Gasteiger partial charge on any atom is 0.435 e. The highest BCUT2D eigenvalue weighted by atomic mass is 32.2. The summed E-state index contributed by atoms with van der Waals surface area (Å²) in [4.78, 5) is 13.7. The lowest BCUT2D eigenvalue weighted by atomic mass is 9.74. The number of halogens is 8. The van der Waals surface area contributed by atoms with E-state index in [0.29, 0.717) is 6.07 Å². The monoisotopic (exact) mass is 642 g/mol. The molecule has 0 aromatic heterocycles. The first kappa shape index (κ1) is 31.4. The summed E-state index contributed by atoms with van der Waals surface area (Å²) in [5, 5.41) is 22.3. The number of amides is 2. The van der Waals surface area contributed by atoms with Gasteiger partial charge >= 0.3 is 24.1 Å². The van der Waals surface area contributed by atoms with E-state index in [0.717, 1.165) is 35.2 Å². The molecule has 43 heavy (non-hydrogen) atoms. The van der Waals surface area contributed by atoms with E-state index in [2.05, 4.69) is 5.32 Å². The van der Waals surface area contributed by atoms with Gasteiger partial charge in [0.2, 0.25) is 0 Å². The topological polar surface area (TPSA) is 107 Å². The van der Waals surface area contributed by atoms with Crippen molar-refractivity contribution in [3.8, 4) is 0 Å². The van der Waals surface area contributed by atoms with Crippen LogP contribution in [-0.4, -0.2) is 73.3 Å². The van der Waals surface area contributed by atoms with Crippen LogP contribution >= 0.6 is 0 Å². The van der Waals surface area contributed by atoms with Crippen molar-refractivity contribution in [1.82, 2.24) is 10.2 Å². The van der Waals surface area contributed by atoms with Gasteiger partial charge in [-0.05, 0) is 61.1 Å². The van der Waals surface area contributed by atoms with Gasteiger partial charge in [-0.2, -0.15) is 26.3 Å². The summed E-state index contributed by atoms with van der Waals surface area (Å²) in [5.74, 6) is -1.70.